The lowest BCUT2D eigenvalue weighted by atomic mass is 9.90. The number of carboxylic acid groups (broad SMARTS) is 1. The van der Waals surface area contributed by atoms with Crippen LogP contribution in [0.15, 0.2) is 18.2 Å². The highest BCUT2D eigenvalue weighted by Crippen LogP contribution is 2.34. The topological polar surface area (TPSA) is 77.9 Å². The van der Waals surface area contributed by atoms with E-state index in [1.165, 1.54) is 11.0 Å². The van der Waals surface area contributed by atoms with Crippen molar-refractivity contribution in [3.63, 3.8) is 0 Å². The van der Waals surface area contributed by atoms with E-state index in [0.717, 1.165) is 11.0 Å². The number of carbonyl (C=O) groups is 3. The minimum absolute atomic E-state index is 0.000501. The van der Waals surface area contributed by atoms with Gasteiger partial charge >= 0.3 is 5.97 Å². The first kappa shape index (κ1) is 17.3. The van der Waals surface area contributed by atoms with Crippen LogP contribution in [0.25, 0.3) is 0 Å². The first-order valence-electron chi connectivity index (χ1n) is 7.99. The van der Waals surface area contributed by atoms with Crippen LogP contribution in [-0.2, 0) is 14.4 Å². The molecule has 2 aliphatic heterocycles. The van der Waals surface area contributed by atoms with Gasteiger partial charge in [0.2, 0.25) is 11.8 Å². The van der Waals surface area contributed by atoms with Gasteiger partial charge in [-0.2, -0.15) is 0 Å². The first-order valence-corrected chi connectivity index (χ1v) is 7.99. The maximum Gasteiger partial charge on any atom is 0.311 e. The molecule has 3 rings (SSSR count). The molecule has 2 heterocycles. The maximum atomic E-state index is 13.9. The van der Waals surface area contributed by atoms with Crippen LogP contribution in [0.4, 0.5) is 14.5 Å². The Kier molecular flexibility index (Phi) is 4.22. The number of hydrogen-bond acceptors (Lipinski definition) is 3. The summed E-state index contributed by atoms with van der Waals surface area (Å²) in [6, 6.07) is 2.92. The predicted octanol–water partition coefficient (Wildman–Crippen LogP) is 1.64. The molecule has 0 radical (unpaired) electrons. The third-order valence-corrected chi connectivity index (χ3v) is 4.98. The van der Waals surface area contributed by atoms with Crippen molar-refractivity contribution in [1.82, 2.24) is 4.90 Å². The number of hydrogen-bond donors (Lipinski definition) is 1. The number of aliphatic carboxylic acids is 1. The molecule has 2 fully saturated rings. The summed E-state index contributed by atoms with van der Waals surface area (Å²) in [7, 11) is 0. The number of nitrogens with zero attached hydrogens (tertiary/aromatic N) is 2. The zero-order chi connectivity index (χ0) is 18.4. The van der Waals surface area contributed by atoms with Gasteiger partial charge in [0, 0.05) is 32.1 Å². The molecule has 2 amide bonds. The van der Waals surface area contributed by atoms with Crippen LogP contribution in [0.3, 0.4) is 0 Å². The van der Waals surface area contributed by atoms with Gasteiger partial charge in [0.1, 0.15) is 11.6 Å². The van der Waals surface area contributed by atoms with Crippen molar-refractivity contribution in [1.29, 1.82) is 0 Å². The Labute approximate surface area is 143 Å². The second-order valence-electron chi connectivity index (χ2n) is 6.88. The molecule has 8 heteroatoms. The Morgan fingerprint density at radius 1 is 1.32 bits per heavy atom. The zero-order valence-electron chi connectivity index (χ0n) is 13.7. The highest BCUT2D eigenvalue weighted by atomic mass is 19.1. The van der Waals surface area contributed by atoms with Crippen LogP contribution in [0.1, 0.15) is 19.8 Å². The van der Waals surface area contributed by atoms with Crippen LogP contribution in [-0.4, -0.2) is 47.4 Å². The molecule has 2 atom stereocenters. The highest BCUT2D eigenvalue weighted by Gasteiger charge is 2.45. The maximum absolute atomic E-state index is 13.9. The smallest absolute Gasteiger partial charge is 0.311 e. The summed E-state index contributed by atoms with van der Waals surface area (Å²) in [6.07, 6.45) is 0.279. The van der Waals surface area contributed by atoms with E-state index in [4.69, 9.17) is 0 Å². The van der Waals surface area contributed by atoms with E-state index in [1.54, 1.807) is 6.92 Å². The Morgan fingerprint density at radius 3 is 2.64 bits per heavy atom. The molecule has 0 saturated carbocycles. The van der Waals surface area contributed by atoms with Crippen LogP contribution in [0.2, 0.25) is 0 Å². The summed E-state index contributed by atoms with van der Waals surface area (Å²) in [5.41, 5.74) is -1.04. The van der Waals surface area contributed by atoms with Crippen molar-refractivity contribution >= 4 is 23.5 Å². The number of halogens is 2. The number of likely N-dealkylation sites (tertiary alicyclic amines) is 1. The number of rotatable bonds is 3. The third kappa shape index (κ3) is 3.08. The molecule has 2 saturated heterocycles. The molecular weight excluding hydrogens is 334 g/mol. The van der Waals surface area contributed by atoms with Crippen molar-refractivity contribution in [3.05, 3.63) is 29.8 Å². The van der Waals surface area contributed by atoms with E-state index in [9.17, 15) is 28.3 Å². The molecule has 1 aromatic rings. The Balaban J connectivity index is 1.72. The average molecular weight is 352 g/mol. The summed E-state index contributed by atoms with van der Waals surface area (Å²) in [6.45, 7) is 2.00. The fourth-order valence-electron chi connectivity index (χ4n) is 3.39. The fraction of sp³-hybridized carbons (Fsp3) is 0.471. The fourth-order valence-corrected chi connectivity index (χ4v) is 3.39. The highest BCUT2D eigenvalue weighted by molar-refractivity contribution is 6.00. The van der Waals surface area contributed by atoms with Crippen LogP contribution < -0.4 is 4.90 Å². The van der Waals surface area contributed by atoms with E-state index in [-0.39, 0.29) is 31.1 Å². The van der Waals surface area contributed by atoms with Crippen molar-refractivity contribution in [2.45, 2.75) is 19.8 Å². The molecule has 0 spiro atoms. The van der Waals surface area contributed by atoms with Gasteiger partial charge in [0.25, 0.3) is 0 Å². The molecule has 25 heavy (non-hydrogen) atoms. The van der Waals surface area contributed by atoms with Crippen LogP contribution in [0, 0.1) is 23.0 Å². The standard InChI is InChI=1S/C17H18F2N2O4/c1-17(16(24)25)4-5-20(9-17)15(23)10-6-14(22)21(8-10)13-3-2-11(18)7-12(13)19/h2-3,7,10H,4-6,8-9H2,1H3,(H,24,25)/t10-,17+/m1/s1. The van der Waals surface area contributed by atoms with Gasteiger partial charge in [-0.05, 0) is 25.5 Å². The summed E-state index contributed by atoms with van der Waals surface area (Å²) >= 11 is 0. The third-order valence-electron chi connectivity index (χ3n) is 4.98. The van der Waals surface area contributed by atoms with Crippen molar-refractivity contribution in [3.8, 4) is 0 Å². The molecule has 1 aromatic carbocycles. The lowest BCUT2D eigenvalue weighted by Crippen LogP contribution is -2.39. The Bertz CT molecular complexity index is 754. The minimum Gasteiger partial charge on any atom is -0.481 e. The van der Waals surface area contributed by atoms with E-state index in [1.807, 2.05) is 0 Å². The van der Waals surface area contributed by atoms with Gasteiger partial charge in [-0.1, -0.05) is 0 Å². The monoisotopic (exact) mass is 352 g/mol. The Morgan fingerprint density at radius 2 is 2.04 bits per heavy atom. The van der Waals surface area contributed by atoms with Crippen molar-refractivity contribution in [2.75, 3.05) is 24.5 Å². The van der Waals surface area contributed by atoms with Crippen LogP contribution in [0.5, 0.6) is 0 Å². The van der Waals surface area contributed by atoms with Gasteiger partial charge in [0.15, 0.2) is 0 Å². The van der Waals surface area contributed by atoms with Gasteiger partial charge in [-0.3, -0.25) is 14.4 Å². The van der Waals surface area contributed by atoms with Crippen LogP contribution >= 0.6 is 0 Å². The van der Waals surface area contributed by atoms with Gasteiger partial charge in [0.05, 0.1) is 17.0 Å². The number of carbonyl (C=O) groups excluding carboxylic acids is 2. The second kappa shape index (κ2) is 6.09. The Hall–Kier alpha value is -2.51. The van der Waals surface area contributed by atoms with Crippen molar-refractivity contribution in [2.24, 2.45) is 11.3 Å². The molecule has 134 valence electrons. The summed E-state index contributed by atoms with van der Waals surface area (Å²) in [5, 5.41) is 9.25. The molecule has 1 N–H and O–H groups in total. The van der Waals surface area contributed by atoms with E-state index in [0.29, 0.717) is 19.0 Å². The van der Waals surface area contributed by atoms with E-state index < -0.39 is 34.8 Å². The summed E-state index contributed by atoms with van der Waals surface area (Å²) in [4.78, 5) is 38.7. The quantitative estimate of drug-likeness (QED) is 0.897. The van der Waals surface area contributed by atoms with Gasteiger partial charge in [-0.15, -0.1) is 0 Å². The number of anilines is 1. The minimum atomic E-state index is -0.985. The van der Waals surface area contributed by atoms with E-state index in [2.05, 4.69) is 0 Å². The zero-order valence-corrected chi connectivity index (χ0v) is 13.7. The lowest BCUT2D eigenvalue weighted by Gasteiger charge is -2.23. The molecule has 6 nitrogen and oxygen atoms in total. The first-order chi connectivity index (χ1) is 11.7. The number of carboxylic acids is 1. The molecular formula is C17H18F2N2O4. The molecule has 0 unspecified atom stereocenters. The number of amides is 2. The summed E-state index contributed by atoms with van der Waals surface area (Å²) < 4.78 is 26.9. The molecule has 0 aliphatic carbocycles. The molecule has 0 bridgehead atoms. The predicted molar refractivity (Wildman–Crippen MR) is 83.8 cm³/mol. The van der Waals surface area contributed by atoms with Crippen molar-refractivity contribution < 1.29 is 28.3 Å². The molecule has 0 aromatic heterocycles. The molecule has 2 aliphatic rings. The SMILES string of the molecule is C[C@]1(C(=O)O)CCN(C(=O)[C@@H]2CC(=O)N(c3ccc(F)cc3F)C2)C1. The lowest BCUT2D eigenvalue weighted by molar-refractivity contribution is -0.147. The second-order valence-corrected chi connectivity index (χ2v) is 6.88. The summed E-state index contributed by atoms with van der Waals surface area (Å²) in [5.74, 6) is -3.94. The number of benzene rings is 1. The van der Waals surface area contributed by atoms with Gasteiger partial charge < -0.3 is 14.9 Å². The normalized spacial score (nSPS) is 26.4. The van der Waals surface area contributed by atoms with E-state index >= 15 is 0 Å². The average Bonchev–Trinajstić information content (AvgIpc) is 3.11. The largest absolute Gasteiger partial charge is 0.481 e. The van der Waals surface area contributed by atoms with Gasteiger partial charge in [-0.25, -0.2) is 8.78 Å².